The number of halogens is 1. The molecule has 4 aromatic rings. The quantitative estimate of drug-likeness (QED) is 0.263. The van der Waals surface area contributed by atoms with Crippen molar-refractivity contribution in [1.82, 2.24) is 9.99 Å². The molecule has 1 N–H and O–H groups in total. The molecule has 1 aromatic heterocycles. The maximum absolute atomic E-state index is 12.3. The fourth-order valence-corrected chi connectivity index (χ4v) is 3.41. The molecule has 0 saturated carbocycles. The number of hydrogen-bond donors (Lipinski definition) is 1. The minimum atomic E-state index is -0.546. The topological polar surface area (TPSA) is 89.5 Å². The van der Waals surface area contributed by atoms with Crippen LogP contribution >= 0.6 is 11.6 Å². The lowest BCUT2D eigenvalue weighted by Crippen LogP contribution is -2.17. The third kappa shape index (κ3) is 4.62. The molecule has 0 spiro atoms. The molecule has 1 amide bonds. The van der Waals surface area contributed by atoms with E-state index in [-0.39, 0.29) is 11.3 Å². The molecule has 0 aliphatic heterocycles. The van der Waals surface area contributed by atoms with Gasteiger partial charge in [-0.2, -0.15) is 5.10 Å². The summed E-state index contributed by atoms with van der Waals surface area (Å²) in [5.74, 6) is -0.523. The molecule has 154 valence electrons. The van der Waals surface area contributed by atoms with Crippen LogP contribution in [0.4, 0.5) is 5.69 Å². The van der Waals surface area contributed by atoms with Crippen molar-refractivity contribution in [3.8, 4) is 0 Å². The van der Waals surface area contributed by atoms with Gasteiger partial charge in [-0.3, -0.25) is 14.9 Å². The first-order valence-corrected chi connectivity index (χ1v) is 9.79. The van der Waals surface area contributed by atoms with E-state index in [1.807, 2.05) is 54.7 Å². The molecule has 4 rings (SSSR count). The Kier molecular flexibility index (Phi) is 5.77. The van der Waals surface area contributed by atoms with E-state index in [0.29, 0.717) is 11.6 Å². The second-order valence-electron chi connectivity index (χ2n) is 6.86. The molecule has 0 aliphatic carbocycles. The Bertz CT molecular complexity index is 1300. The highest BCUT2D eigenvalue weighted by Gasteiger charge is 2.11. The van der Waals surface area contributed by atoms with E-state index in [9.17, 15) is 14.9 Å². The molecule has 0 saturated heterocycles. The highest BCUT2D eigenvalue weighted by molar-refractivity contribution is 6.30. The standard InChI is InChI=1S/C23H17ClN4O3/c24-19-10-8-16(9-11-19)14-27-15-18(21-6-1-2-7-22(21)27)13-25-26-23(29)17-4-3-5-20(12-17)28(30)31/h1-13,15H,14H2,(H,26,29). The highest BCUT2D eigenvalue weighted by atomic mass is 35.5. The predicted octanol–water partition coefficient (Wildman–Crippen LogP) is 5.02. The van der Waals surface area contributed by atoms with Crippen molar-refractivity contribution >= 4 is 40.3 Å². The predicted molar refractivity (Wildman–Crippen MR) is 121 cm³/mol. The van der Waals surface area contributed by atoms with E-state index in [4.69, 9.17) is 11.6 Å². The second kappa shape index (κ2) is 8.81. The van der Waals surface area contributed by atoms with E-state index in [2.05, 4.69) is 15.1 Å². The summed E-state index contributed by atoms with van der Waals surface area (Å²) in [5, 5.41) is 16.6. The van der Waals surface area contributed by atoms with Crippen LogP contribution in [0.2, 0.25) is 5.02 Å². The van der Waals surface area contributed by atoms with Gasteiger partial charge in [0, 0.05) is 51.9 Å². The molecule has 7 nitrogen and oxygen atoms in total. The summed E-state index contributed by atoms with van der Waals surface area (Å²) < 4.78 is 2.10. The number of nitrogens with zero attached hydrogens (tertiary/aromatic N) is 3. The van der Waals surface area contributed by atoms with Crippen LogP contribution in [0.3, 0.4) is 0 Å². The summed E-state index contributed by atoms with van der Waals surface area (Å²) >= 11 is 5.97. The summed E-state index contributed by atoms with van der Waals surface area (Å²) in [6, 6.07) is 21.1. The number of fused-ring (bicyclic) bond motifs is 1. The van der Waals surface area contributed by atoms with E-state index in [1.165, 1.54) is 24.3 Å². The van der Waals surface area contributed by atoms with Crippen LogP contribution < -0.4 is 5.43 Å². The molecule has 0 fully saturated rings. The van der Waals surface area contributed by atoms with Crippen molar-refractivity contribution in [2.75, 3.05) is 0 Å². The Morgan fingerprint density at radius 1 is 1.10 bits per heavy atom. The van der Waals surface area contributed by atoms with Crippen LogP contribution in [0.1, 0.15) is 21.5 Å². The average molecular weight is 433 g/mol. The zero-order valence-electron chi connectivity index (χ0n) is 16.2. The van der Waals surface area contributed by atoms with Crippen LogP contribution in [-0.4, -0.2) is 21.6 Å². The van der Waals surface area contributed by atoms with Gasteiger partial charge in [0.2, 0.25) is 0 Å². The van der Waals surface area contributed by atoms with Crippen molar-refractivity contribution in [2.24, 2.45) is 5.10 Å². The van der Waals surface area contributed by atoms with Gasteiger partial charge in [0.25, 0.3) is 11.6 Å². The zero-order chi connectivity index (χ0) is 21.8. The number of hydrazone groups is 1. The molecular weight excluding hydrogens is 416 g/mol. The third-order valence-electron chi connectivity index (χ3n) is 4.77. The van der Waals surface area contributed by atoms with Crippen LogP contribution in [0, 0.1) is 10.1 Å². The minimum Gasteiger partial charge on any atom is -0.342 e. The van der Waals surface area contributed by atoms with Gasteiger partial charge in [0.15, 0.2) is 0 Å². The van der Waals surface area contributed by atoms with Crippen molar-refractivity contribution in [3.63, 3.8) is 0 Å². The number of carbonyl (C=O) groups excluding carboxylic acids is 1. The molecule has 0 aliphatic rings. The lowest BCUT2D eigenvalue weighted by atomic mass is 10.2. The Labute approximate surface area is 182 Å². The lowest BCUT2D eigenvalue weighted by molar-refractivity contribution is -0.384. The number of carbonyl (C=O) groups is 1. The Hall–Kier alpha value is -3.97. The second-order valence-corrected chi connectivity index (χ2v) is 7.30. The van der Waals surface area contributed by atoms with Crippen LogP contribution in [0.15, 0.2) is 84.1 Å². The summed E-state index contributed by atoms with van der Waals surface area (Å²) in [5.41, 5.74) is 5.41. The number of nitro benzene ring substituents is 1. The first-order chi connectivity index (χ1) is 15.0. The molecule has 3 aromatic carbocycles. The van der Waals surface area contributed by atoms with Crippen molar-refractivity contribution < 1.29 is 9.72 Å². The first kappa shape index (κ1) is 20.3. The van der Waals surface area contributed by atoms with Gasteiger partial charge < -0.3 is 4.57 Å². The number of amides is 1. The zero-order valence-corrected chi connectivity index (χ0v) is 17.0. The number of aromatic nitrogens is 1. The molecule has 0 atom stereocenters. The van der Waals surface area contributed by atoms with E-state index >= 15 is 0 Å². The van der Waals surface area contributed by atoms with Crippen molar-refractivity contribution in [2.45, 2.75) is 6.54 Å². The third-order valence-corrected chi connectivity index (χ3v) is 5.03. The van der Waals surface area contributed by atoms with Gasteiger partial charge in [-0.25, -0.2) is 5.43 Å². The molecule has 31 heavy (non-hydrogen) atoms. The van der Waals surface area contributed by atoms with E-state index in [0.717, 1.165) is 22.0 Å². The van der Waals surface area contributed by atoms with Gasteiger partial charge in [-0.15, -0.1) is 0 Å². The van der Waals surface area contributed by atoms with E-state index < -0.39 is 10.8 Å². The number of rotatable bonds is 6. The highest BCUT2D eigenvalue weighted by Crippen LogP contribution is 2.22. The fourth-order valence-electron chi connectivity index (χ4n) is 3.28. The maximum atomic E-state index is 12.3. The van der Waals surface area contributed by atoms with Gasteiger partial charge in [0.05, 0.1) is 11.1 Å². The SMILES string of the molecule is O=C(NN=Cc1cn(Cc2ccc(Cl)cc2)c2ccccc12)c1cccc([N+](=O)[O-])c1. The van der Waals surface area contributed by atoms with Crippen LogP contribution in [0.25, 0.3) is 10.9 Å². The molecule has 0 radical (unpaired) electrons. The van der Waals surface area contributed by atoms with Gasteiger partial charge >= 0.3 is 0 Å². The Morgan fingerprint density at radius 3 is 2.65 bits per heavy atom. The van der Waals surface area contributed by atoms with Crippen LogP contribution in [0.5, 0.6) is 0 Å². The number of benzene rings is 3. The number of para-hydroxylation sites is 1. The summed E-state index contributed by atoms with van der Waals surface area (Å²) in [6.45, 7) is 0.658. The van der Waals surface area contributed by atoms with Gasteiger partial charge in [0.1, 0.15) is 0 Å². The molecule has 0 bridgehead atoms. The van der Waals surface area contributed by atoms with Crippen molar-refractivity contribution in [3.05, 3.63) is 111 Å². The van der Waals surface area contributed by atoms with Crippen molar-refractivity contribution in [1.29, 1.82) is 0 Å². The Balaban J connectivity index is 1.55. The largest absolute Gasteiger partial charge is 0.342 e. The van der Waals surface area contributed by atoms with E-state index in [1.54, 1.807) is 6.21 Å². The smallest absolute Gasteiger partial charge is 0.271 e. The molecule has 0 unspecified atom stereocenters. The minimum absolute atomic E-state index is 0.151. The molecule has 8 heteroatoms. The monoisotopic (exact) mass is 432 g/mol. The number of non-ortho nitro benzene ring substituents is 1. The summed E-state index contributed by atoms with van der Waals surface area (Å²) in [6.07, 6.45) is 3.53. The normalized spacial score (nSPS) is 11.1. The summed E-state index contributed by atoms with van der Waals surface area (Å²) in [4.78, 5) is 22.6. The fraction of sp³-hybridized carbons (Fsp3) is 0.0435. The molecular formula is C23H17ClN4O3. The number of hydrogen-bond acceptors (Lipinski definition) is 4. The van der Waals surface area contributed by atoms with Gasteiger partial charge in [-0.1, -0.05) is 48.0 Å². The number of nitrogens with one attached hydrogen (secondary N) is 1. The summed E-state index contributed by atoms with van der Waals surface area (Å²) in [7, 11) is 0. The first-order valence-electron chi connectivity index (χ1n) is 9.41. The van der Waals surface area contributed by atoms with Crippen LogP contribution in [-0.2, 0) is 6.54 Å². The molecule has 1 heterocycles. The lowest BCUT2D eigenvalue weighted by Gasteiger charge is -2.05. The number of nitro groups is 1. The average Bonchev–Trinajstić information content (AvgIpc) is 3.13. The van der Waals surface area contributed by atoms with Gasteiger partial charge in [-0.05, 0) is 29.8 Å². The Morgan fingerprint density at radius 2 is 1.87 bits per heavy atom. The maximum Gasteiger partial charge on any atom is 0.271 e.